The average Bonchev–Trinajstić information content (AvgIpc) is 2.71. The monoisotopic (exact) mass is 451 g/mol. The van der Waals surface area contributed by atoms with Gasteiger partial charge in [0.25, 0.3) is 0 Å². The van der Waals surface area contributed by atoms with Crippen molar-refractivity contribution in [3.63, 3.8) is 0 Å². The number of carbonyl (C=O) groups excluding carboxylic acids is 1. The Kier molecular flexibility index (Phi) is 11.3. The zero-order chi connectivity index (χ0) is 22.4. The molecule has 0 bridgehead atoms. The summed E-state index contributed by atoms with van der Waals surface area (Å²) in [5, 5.41) is 52.0. The molecular formula is C19H26NNaO10. The first-order valence-electron chi connectivity index (χ1n) is 9.61. The Labute approximate surface area is 201 Å². The molecule has 0 spiro atoms. The summed E-state index contributed by atoms with van der Waals surface area (Å²) in [6.07, 6.45) is -6.58. The number of nitro benzene ring substituents is 1. The largest absolute Gasteiger partial charge is 1.00 e. The summed E-state index contributed by atoms with van der Waals surface area (Å²) in [4.78, 5) is 21.8. The van der Waals surface area contributed by atoms with Gasteiger partial charge in [0.2, 0.25) is 6.29 Å². The second kappa shape index (κ2) is 12.7. The molecule has 12 heteroatoms. The number of aliphatic hydroxyl groups is 3. The SMILES string of the molecule is CCCCC(C)OCc1ccc(OC2OC(C(=O)[O-])C(O)C(O)C2O)c([N+](=O)[O-])c1.[Na+]. The van der Waals surface area contributed by atoms with Crippen molar-refractivity contribution in [2.45, 2.75) is 76.5 Å². The quantitative estimate of drug-likeness (QED) is 0.185. The Morgan fingerprint density at radius 2 is 1.94 bits per heavy atom. The second-order valence-electron chi connectivity index (χ2n) is 7.16. The van der Waals surface area contributed by atoms with Gasteiger partial charge in [0, 0.05) is 6.07 Å². The summed E-state index contributed by atoms with van der Waals surface area (Å²) in [7, 11) is 0. The molecule has 1 aromatic carbocycles. The van der Waals surface area contributed by atoms with Crippen LogP contribution in [0.25, 0.3) is 0 Å². The first kappa shape index (κ1) is 27.7. The predicted octanol–water partition coefficient (Wildman–Crippen LogP) is -3.37. The smallest absolute Gasteiger partial charge is 0.547 e. The number of carbonyl (C=O) groups is 1. The minimum Gasteiger partial charge on any atom is -0.547 e. The van der Waals surface area contributed by atoms with E-state index in [4.69, 9.17) is 14.2 Å². The van der Waals surface area contributed by atoms with Crippen LogP contribution in [0.4, 0.5) is 5.69 Å². The van der Waals surface area contributed by atoms with Crippen molar-refractivity contribution in [1.82, 2.24) is 0 Å². The van der Waals surface area contributed by atoms with Gasteiger partial charge in [-0.25, -0.2) is 0 Å². The van der Waals surface area contributed by atoms with E-state index in [-0.39, 0.29) is 48.0 Å². The molecule has 1 aliphatic rings. The van der Waals surface area contributed by atoms with Gasteiger partial charge in [-0.2, -0.15) is 0 Å². The summed E-state index contributed by atoms with van der Waals surface area (Å²) >= 11 is 0. The predicted molar refractivity (Wildman–Crippen MR) is 99.2 cm³/mol. The van der Waals surface area contributed by atoms with Crippen LogP contribution in [0.5, 0.6) is 5.75 Å². The molecule has 11 nitrogen and oxygen atoms in total. The molecule has 0 radical (unpaired) electrons. The molecule has 0 amide bonds. The number of nitrogens with zero attached hydrogens (tertiary/aromatic N) is 1. The molecule has 2 rings (SSSR count). The first-order valence-corrected chi connectivity index (χ1v) is 9.61. The zero-order valence-corrected chi connectivity index (χ0v) is 19.7. The summed E-state index contributed by atoms with van der Waals surface area (Å²) in [6.45, 7) is 4.12. The van der Waals surface area contributed by atoms with Crippen LogP contribution in [0.3, 0.4) is 0 Å². The van der Waals surface area contributed by atoms with Crippen LogP contribution in [0.2, 0.25) is 0 Å². The number of carboxylic acid groups (broad SMARTS) is 1. The molecule has 6 atom stereocenters. The molecular weight excluding hydrogens is 425 g/mol. The van der Waals surface area contributed by atoms with Gasteiger partial charge in [-0.1, -0.05) is 25.8 Å². The molecule has 168 valence electrons. The van der Waals surface area contributed by atoms with Gasteiger partial charge in [-0.15, -0.1) is 0 Å². The van der Waals surface area contributed by atoms with Crippen molar-refractivity contribution in [2.24, 2.45) is 0 Å². The summed E-state index contributed by atoms with van der Waals surface area (Å²) in [5.41, 5.74) is 0.0595. The fourth-order valence-electron chi connectivity index (χ4n) is 2.97. The van der Waals surface area contributed by atoms with Crippen LogP contribution in [0.1, 0.15) is 38.7 Å². The number of benzene rings is 1. The summed E-state index contributed by atoms with van der Waals surface area (Å²) in [6, 6.07) is 4.01. The molecule has 1 fully saturated rings. The van der Waals surface area contributed by atoms with Gasteiger partial charge in [0.05, 0.1) is 23.6 Å². The summed E-state index contributed by atoms with van der Waals surface area (Å²) in [5.74, 6) is -2.14. The van der Waals surface area contributed by atoms with Gasteiger partial charge in [0.1, 0.15) is 24.4 Å². The maximum absolute atomic E-state index is 11.5. The third-order valence-corrected chi connectivity index (χ3v) is 4.76. The van der Waals surface area contributed by atoms with Crippen LogP contribution in [0, 0.1) is 10.1 Å². The van der Waals surface area contributed by atoms with Crippen LogP contribution < -0.4 is 39.4 Å². The topological polar surface area (TPSA) is 172 Å². The Hall–Kier alpha value is -1.31. The first-order chi connectivity index (χ1) is 14.1. The maximum Gasteiger partial charge on any atom is 1.00 e. The van der Waals surface area contributed by atoms with Crippen molar-refractivity contribution < 1.29 is 73.9 Å². The van der Waals surface area contributed by atoms with Gasteiger partial charge < -0.3 is 39.4 Å². The van der Waals surface area contributed by atoms with E-state index in [9.17, 15) is 35.3 Å². The number of unbranched alkanes of at least 4 members (excludes halogenated alkanes) is 1. The van der Waals surface area contributed by atoms with Crippen molar-refractivity contribution in [3.05, 3.63) is 33.9 Å². The number of aliphatic carboxylic acids is 1. The molecule has 31 heavy (non-hydrogen) atoms. The van der Waals surface area contributed by atoms with Gasteiger partial charge in [-0.3, -0.25) is 10.1 Å². The minimum atomic E-state index is -1.98. The number of ether oxygens (including phenoxy) is 3. The Bertz CT molecular complexity index is 748. The minimum absolute atomic E-state index is 0. The van der Waals surface area contributed by atoms with Crippen molar-refractivity contribution >= 4 is 11.7 Å². The van der Waals surface area contributed by atoms with E-state index < -0.39 is 47.3 Å². The molecule has 6 unspecified atom stereocenters. The van der Waals surface area contributed by atoms with E-state index in [0.29, 0.717) is 5.56 Å². The van der Waals surface area contributed by atoms with Gasteiger partial charge in [0.15, 0.2) is 5.75 Å². The number of rotatable bonds is 10. The molecule has 1 aromatic rings. The van der Waals surface area contributed by atoms with E-state index >= 15 is 0 Å². The second-order valence-corrected chi connectivity index (χ2v) is 7.16. The number of aliphatic hydroxyl groups excluding tert-OH is 3. The molecule has 3 N–H and O–H groups in total. The fraction of sp³-hybridized carbons (Fsp3) is 0.632. The number of hydrogen-bond donors (Lipinski definition) is 3. The van der Waals surface area contributed by atoms with Gasteiger partial charge >= 0.3 is 35.2 Å². The number of nitro groups is 1. The zero-order valence-electron chi connectivity index (χ0n) is 17.7. The Balaban J connectivity index is 0.00000480. The average molecular weight is 451 g/mol. The third-order valence-electron chi connectivity index (χ3n) is 4.76. The molecule has 1 aliphatic heterocycles. The van der Waals surface area contributed by atoms with Crippen LogP contribution in [0.15, 0.2) is 18.2 Å². The number of hydrogen-bond acceptors (Lipinski definition) is 10. The normalized spacial score (nSPS) is 26.5. The fourth-order valence-corrected chi connectivity index (χ4v) is 2.97. The van der Waals surface area contributed by atoms with Crippen molar-refractivity contribution in [3.8, 4) is 5.75 Å². The summed E-state index contributed by atoms with van der Waals surface area (Å²) < 4.78 is 15.9. The third kappa shape index (κ3) is 7.36. The standard InChI is InChI=1S/C19H27NO10.Na/c1-3-4-5-10(2)28-9-11-6-7-13(12(8-11)20(26)27)29-19-16(23)14(21)15(22)17(30-19)18(24)25;/h6-8,10,14-17,19,21-23H,3-5,9H2,1-2H3,(H,24,25);/q;+1/p-1. The molecule has 0 saturated carbocycles. The van der Waals surface area contributed by atoms with Crippen molar-refractivity contribution in [1.29, 1.82) is 0 Å². The van der Waals surface area contributed by atoms with E-state index in [1.165, 1.54) is 18.2 Å². The molecule has 1 heterocycles. The van der Waals surface area contributed by atoms with E-state index in [0.717, 1.165) is 19.3 Å². The Morgan fingerprint density at radius 1 is 1.26 bits per heavy atom. The van der Waals surface area contributed by atoms with Crippen LogP contribution in [-0.4, -0.2) is 63.0 Å². The van der Waals surface area contributed by atoms with Crippen LogP contribution >= 0.6 is 0 Å². The molecule has 1 saturated heterocycles. The molecule has 0 aliphatic carbocycles. The van der Waals surface area contributed by atoms with E-state index in [2.05, 4.69) is 6.92 Å². The van der Waals surface area contributed by atoms with E-state index in [1.807, 2.05) is 6.92 Å². The number of carboxylic acids is 1. The van der Waals surface area contributed by atoms with E-state index in [1.54, 1.807) is 0 Å². The van der Waals surface area contributed by atoms with Crippen LogP contribution in [-0.2, 0) is 20.9 Å². The maximum atomic E-state index is 11.5. The van der Waals surface area contributed by atoms with Crippen molar-refractivity contribution in [2.75, 3.05) is 0 Å². The Morgan fingerprint density at radius 3 is 2.52 bits per heavy atom. The van der Waals surface area contributed by atoms with Gasteiger partial charge in [-0.05, 0) is 25.0 Å². The molecule has 0 aromatic heterocycles.